The molecule has 84 valence electrons. The summed E-state index contributed by atoms with van der Waals surface area (Å²) in [5.74, 6) is 0. The van der Waals surface area contributed by atoms with Crippen molar-refractivity contribution in [3.8, 4) is 0 Å². The third-order valence-corrected chi connectivity index (χ3v) is 3.69. The SMILES string of the molecule is Cn1nccc1C1(C(C)(C)C)CCCN1. The van der Waals surface area contributed by atoms with Gasteiger partial charge in [0.25, 0.3) is 0 Å². The topological polar surface area (TPSA) is 29.9 Å². The lowest BCUT2D eigenvalue weighted by Gasteiger charge is -2.42. The fraction of sp³-hybridized carbons (Fsp3) is 0.750. The average Bonchev–Trinajstić information content (AvgIpc) is 2.70. The van der Waals surface area contributed by atoms with Gasteiger partial charge >= 0.3 is 0 Å². The van der Waals surface area contributed by atoms with Crippen molar-refractivity contribution in [2.24, 2.45) is 12.5 Å². The highest BCUT2D eigenvalue weighted by atomic mass is 15.3. The summed E-state index contributed by atoms with van der Waals surface area (Å²) in [7, 11) is 2.03. The Labute approximate surface area is 91.9 Å². The Balaban J connectivity index is 2.49. The molecule has 2 rings (SSSR count). The molecule has 1 saturated heterocycles. The van der Waals surface area contributed by atoms with Crippen LogP contribution in [0.4, 0.5) is 0 Å². The lowest BCUT2D eigenvalue weighted by Crippen LogP contribution is -2.49. The Morgan fingerprint density at radius 1 is 1.47 bits per heavy atom. The fourth-order valence-electron chi connectivity index (χ4n) is 2.78. The summed E-state index contributed by atoms with van der Waals surface area (Å²) in [5, 5.41) is 7.99. The van der Waals surface area contributed by atoms with Crippen molar-refractivity contribution in [2.75, 3.05) is 6.54 Å². The molecule has 0 radical (unpaired) electrons. The summed E-state index contributed by atoms with van der Waals surface area (Å²) in [6, 6.07) is 2.14. The number of aryl methyl sites for hydroxylation is 1. The zero-order valence-electron chi connectivity index (χ0n) is 10.2. The number of aromatic nitrogens is 2. The van der Waals surface area contributed by atoms with Crippen LogP contribution < -0.4 is 5.32 Å². The lowest BCUT2D eigenvalue weighted by molar-refractivity contribution is 0.150. The zero-order valence-corrected chi connectivity index (χ0v) is 10.2. The molecule has 2 heterocycles. The molecule has 1 fully saturated rings. The summed E-state index contributed by atoms with van der Waals surface area (Å²) in [6.07, 6.45) is 4.35. The van der Waals surface area contributed by atoms with Crippen LogP contribution in [0.2, 0.25) is 0 Å². The van der Waals surface area contributed by atoms with Crippen LogP contribution in [0.15, 0.2) is 12.3 Å². The van der Waals surface area contributed by atoms with Gasteiger partial charge in [-0.25, -0.2) is 0 Å². The summed E-state index contributed by atoms with van der Waals surface area (Å²) in [4.78, 5) is 0. The van der Waals surface area contributed by atoms with Crippen molar-refractivity contribution < 1.29 is 0 Å². The Bertz CT molecular complexity index is 340. The smallest absolute Gasteiger partial charge is 0.0654 e. The van der Waals surface area contributed by atoms with Gasteiger partial charge in [-0.2, -0.15) is 5.10 Å². The first-order valence-electron chi connectivity index (χ1n) is 5.71. The average molecular weight is 207 g/mol. The minimum atomic E-state index is 0.0955. The number of nitrogens with one attached hydrogen (secondary N) is 1. The van der Waals surface area contributed by atoms with E-state index in [-0.39, 0.29) is 11.0 Å². The van der Waals surface area contributed by atoms with Gasteiger partial charge in [-0.15, -0.1) is 0 Å². The molecular formula is C12H21N3. The Kier molecular flexibility index (Phi) is 2.38. The van der Waals surface area contributed by atoms with Crippen LogP contribution in [0.1, 0.15) is 39.3 Å². The van der Waals surface area contributed by atoms with E-state index in [0.29, 0.717) is 0 Å². The van der Waals surface area contributed by atoms with Crippen molar-refractivity contribution in [3.63, 3.8) is 0 Å². The van der Waals surface area contributed by atoms with Gasteiger partial charge in [0.15, 0.2) is 0 Å². The predicted octanol–water partition coefficient (Wildman–Crippen LogP) is 2.04. The molecule has 1 aliphatic rings. The molecule has 3 nitrogen and oxygen atoms in total. The molecule has 0 bridgehead atoms. The van der Waals surface area contributed by atoms with E-state index >= 15 is 0 Å². The van der Waals surface area contributed by atoms with E-state index in [9.17, 15) is 0 Å². The van der Waals surface area contributed by atoms with Crippen molar-refractivity contribution in [2.45, 2.75) is 39.2 Å². The minimum absolute atomic E-state index is 0.0955. The van der Waals surface area contributed by atoms with Crippen LogP contribution >= 0.6 is 0 Å². The number of nitrogens with zero attached hydrogens (tertiary/aromatic N) is 2. The van der Waals surface area contributed by atoms with Gasteiger partial charge in [0.05, 0.1) is 11.2 Å². The molecule has 1 N–H and O–H groups in total. The molecule has 0 spiro atoms. The second-order valence-electron chi connectivity index (χ2n) is 5.53. The van der Waals surface area contributed by atoms with Gasteiger partial charge in [-0.05, 0) is 30.9 Å². The second kappa shape index (κ2) is 3.34. The normalized spacial score (nSPS) is 27.2. The van der Waals surface area contributed by atoms with Crippen molar-refractivity contribution in [1.29, 1.82) is 0 Å². The molecule has 3 heteroatoms. The molecule has 0 saturated carbocycles. The van der Waals surface area contributed by atoms with Gasteiger partial charge in [0.2, 0.25) is 0 Å². The second-order valence-corrected chi connectivity index (χ2v) is 5.53. The minimum Gasteiger partial charge on any atom is -0.306 e. The Morgan fingerprint density at radius 3 is 2.60 bits per heavy atom. The van der Waals surface area contributed by atoms with E-state index < -0.39 is 0 Å². The monoisotopic (exact) mass is 207 g/mol. The molecule has 0 aliphatic carbocycles. The first-order chi connectivity index (χ1) is 6.97. The third-order valence-electron chi connectivity index (χ3n) is 3.69. The maximum atomic E-state index is 4.30. The van der Waals surface area contributed by atoms with E-state index in [1.165, 1.54) is 18.5 Å². The largest absolute Gasteiger partial charge is 0.306 e. The Hall–Kier alpha value is -0.830. The molecule has 1 atom stereocenters. The standard InChI is InChI=1S/C12H21N3/c1-11(2,3)12(7-5-8-13-12)10-6-9-14-15(10)4/h6,9,13H,5,7-8H2,1-4H3. The molecule has 0 aromatic carbocycles. The van der Waals surface area contributed by atoms with Gasteiger partial charge in [0, 0.05) is 13.2 Å². The number of hydrogen-bond donors (Lipinski definition) is 1. The van der Waals surface area contributed by atoms with Crippen LogP contribution in [0.5, 0.6) is 0 Å². The summed E-state index contributed by atoms with van der Waals surface area (Å²) >= 11 is 0. The first kappa shape index (κ1) is 10.7. The highest BCUT2D eigenvalue weighted by Crippen LogP contribution is 2.44. The molecule has 15 heavy (non-hydrogen) atoms. The van der Waals surface area contributed by atoms with Crippen LogP contribution in [0, 0.1) is 5.41 Å². The molecule has 1 aliphatic heterocycles. The maximum Gasteiger partial charge on any atom is 0.0654 e. The van der Waals surface area contributed by atoms with Crippen LogP contribution in [0.3, 0.4) is 0 Å². The highest BCUT2D eigenvalue weighted by molar-refractivity contribution is 5.21. The summed E-state index contributed by atoms with van der Waals surface area (Å²) in [5.41, 5.74) is 1.63. The number of rotatable bonds is 1. The predicted molar refractivity (Wildman–Crippen MR) is 61.6 cm³/mol. The van der Waals surface area contributed by atoms with E-state index in [1.807, 2.05) is 17.9 Å². The van der Waals surface area contributed by atoms with Gasteiger partial charge in [0.1, 0.15) is 0 Å². The third kappa shape index (κ3) is 1.49. The molecule has 1 aromatic heterocycles. The lowest BCUT2D eigenvalue weighted by atomic mass is 9.70. The van der Waals surface area contributed by atoms with Crippen molar-refractivity contribution in [1.82, 2.24) is 15.1 Å². The quantitative estimate of drug-likeness (QED) is 0.763. The Morgan fingerprint density at radius 2 is 2.20 bits per heavy atom. The highest BCUT2D eigenvalue weighted by Gasteiger charge is 2.46. The van der Waals surface area contributed by atoms with E-state index in [4.69, 9.17) is 0 Å². The van der Waals surface area contributed by atoms with Gasteiger partial charge in [-0.3, -0.25) is 4.68 Å². The summed E-state index contributed by atoms with van der Waals surface area (Å²) in [6.45, 7) is 8.03. The van der Waals surface area contributed by atoms with Crippen LogP contribution in [-0.2, 0) is 12.6 Å². The zero-order chi connectivity index (χ0) is 11.1. The van der Waals surface area contributed by atoms with Gasteiger partial charge < -0.3 is 5.32 Å². The molecule has 1 unspecified atom stereocenters. The first-order valence-corrected chi connectivity index (χ1v) is 5.71. The van der Waals surface area contributed by atoms with Crippen LogP contribution in [-0.4, -0.2) is 16.3 Å². The van der Waals surface area contributed by atoms with E-state index in [2.05, 4.69) is 37.3 Å². The molecule has 1 aromatic rings. The maximum absolute atomic E-state index is 4.30. The molecular weight excluding hydrogens is 186 g/mol. The van der Waals surface area contributed by atoms with Crippen molar-refractivity contribution in [3.05, 3.63) is 18.0 Å². The van der Waals surface area contributed by atoms with E-state index in [1.54, 1.807) is 0 Å². The number of hydrogen-bond acceptors (Lipinski definition) is 2. The van der Waals surface area contributed by atoms with Crippen molar-refractivity contribution >= 4 is 0 Å². The fourth-order valence-corrected chi connectivity index (χ4v) is 2.78. The molecule has 0 amide bonds. The summed E-state index contributed by atoms with van der Waals surface area (Å²) < 4.78 is 2.00. The van der Waals surface area contributed by atoms with Crippen LogP contribution in [0.25, 0.3) is 0 Å². The van der Waals surface area contributed by atoms with Gasteiger partial charge in [-0.1, -0.05) is 20.8 Å². The van der Waals surface area contributed by atoms with E-state index in [0.717, 1.165) is 6.54 Å².